The zero-order valence-corrected chi connectivity index (χ0v) is 15.3. The van der Waals surface area contributed by atoms with E-state index in [2.05, 4.69) is 40.3 Å². The Morgan fingerprint density at radius 3 is 2.78 bits per heavy atom. The van der Waals surface area contributed by atoms with E-state index in [1.807, 2.05) is 36.4 Å². The molecule has 0 radical (unpaired) electrons. The monoisotopic (exact) mass is 359 g/mol. The van der Waals surface area contributed by atoms with Crippen LogP contribution in [0.3, 0.4) is 0 Å². The number of carbonyl (C=O) groups is 1. The SMILES string of the molecule is COc1ccccc1NC(=O)c1cc(N2c3ccccc3CC2C)ccn1. The van der Waals surface area contributed by atoms with Crippen LogP contribution >= 0.6 is 0 Å². The van der Waals surface area contributed by atoms with Gasteiger partial charge in [0.1, 0.15) is 11.4 Å². The summed E-state index contributed by atoms with van der Waals surface area (Å²) in [5, 5.41) is 2.88. The number of ether oxygens (including phenoxy) is 1. The van der Waals surface area contributed by atoms with E-state index in [0.717, 1.165) is 12.1 Å². The number of para-hydroxylation sites is 3. The molecule has 0 fully saturated rings. The number of hydrogen-bond acceptors (Lipinski definition) is 4. The number of nitrogens with zero attached hydrogens (tertiary/aromatic N) is 2. The van der Waals surface area contributed by atoms with Crippen LogP contribution in [0.15, 0.2) is 66.9 Å². The van der Waals surface area contributed by atoms with E-state index < -0.39 is 0 Å². The third-order valence-corrected chi connectivity index (χ3v) is 4.82. The first-order chi connectivity index (χ1) is 13.2. The Morgan fingerprint density at radius 1 is 1.15 bits per heavy atom. The number of aromatic nitrogens is 1. The van der Waals surface area contributed by atoms with E-state index >= 15 is 0 Å². The molecular weight excluding hydrogens is 338 g/mol. The smallest absolute Gasteiger partial charge is 0.274 e. The molecule has 1 aromatic heterocycles. The van der Waals surface area contributed by atoms with Crippen LogP contribution in [-0.2, 0) is 6.42 Å². The molecule has 0 bridgehead atoms. The molecule has 4 rings (SSSR count). The molecule has 2 aromatic carbocycles. The maximum atomic E-state index is 12.7. The number of rotatable bonds is 4. The summed E-state index contributed by atoms with van der Waals surface area (Å²) in [7, 11) is 1.58. The number of benzene rings is 2. The zero-order chi connectivity index (χ0) is 18.8. The normalized spacial score (nSPS) is 15.3. The third-order valence-electron chi connectivity index (χ3n) is 4.82. The van der Waals surface area contributed by atoms with Crippen molar-refractivity contribution in [3.8, 4) is 5.75 Å². The van der Waals surface area contributed by atoms with Crippen molar-refractivity contribution in [1.29, 1.82) is 0 Å². The topological polar surface area (TPSA) is 54.5 Å². The molecule has 1 amide bonds. The van der Waals surface area contributed by atoms with Crippen molar-refractivity contribution in [1.82, 2.24) is 4.98 Å². The molecule has 5 heteroatoms. The van der Waals surface area contributed by atoms with Gasteiger partial charge in [0.25, 0.3) is 5.91 Å². The number of fused-ring (bicyclic) bond motifs is 1. The quantitative estimate of drug-likeness (QED) is 0.749. The Labute approximate surface area is 158 Å². The van der Waals surface area contributed by atoms with E-state index in [1.54, 1.807) is 19.4 Å². The molecule has 5 nitrogen and oxygen atoms in total. The first-order valence-electron chi connectivity index (χ1n) is 8.95. The summed E-state index contributed by atoms with van der Waals surface area (Å²) >= 11 is 0. The average molecular weight is 359 g/mol. The molecule has 0 aliphatic carbocycles. The lowest BCUT2D eigenvalue weighted by Crippen LogP contribution is -2.24. The summed E-state index contributed by atoms with van der Waals surface area (Å²) in [4.78, 5) is 19.3. The molecule has 27 heavy (non-hydrogen) atoms. The van der Waals surface area contributed by atoms with Gasteiger partial charge in [-0.05, 0) is 49.2 Å². The average Bonchev–Trinajstić information content (AvgIpc) is 3.04. The van der Waals surface area contributed by atoms with Crippen LogP contribution in [-0.4, -0.2) is 24.0 Å². The zero-order valence-electron chi connectivity index (χ0n) is 15.3. The van der Waals surface area contributed by atoms with E-state index in [9.17, 15) is 4.79 Å². The van der Waals surface area contributed by atoms with E-state index in [0.29, 0.717) is 23.2 Å². The minimum atomic E-state index is -0.263. The second kappa shape index (κ2) is 7.11. The van der Waals surface area contributed by atoms with Gasteiger partial charge in [-0.1, -0.05) is 30.3 Å². The largest absolute Gasteiger partial charge is 0.495 e. The van der Waals surface area contributed by atoms with Crippen LogP contribution in [0.1, 0.15) is 23.0 Å². The van der Waals surface area contributed by atoms with E-state index in [-0.39, 0.29) is 5.91 Å². The molecule has 0 saturated heterocycles. The van der Waals surface area contributed by atoms with Crippen molar-refractivity contribution in [2.75, 3.05) is 17.3 Å². The Hall–Kier alpha value is -3.34. The van der Waals surface area contributed by atoms with Crippen molar-refractivity contribution >= 4 is 23.0 Å². The predicted octanol–water partition coefficient (Wildman–Crippen LogP) is 4.43. The molecule has 0 saturated carbocycles. The highest BCUT2D eigenvalue weighted by molar-refractivity contribution is 6.04. The molecular formula is C22H21N3O2. The fourth-order valence-electron chi connectivity index (χ4n) is 3.59. The van der Waals surface area contributed by atoms with Gasteiger partial charge in [0.2, 0.25) is 0 Å². The van der Waals surface area contributed by atoms with Crippen LogP contribution in [0.5, 0.6) is 5.75 Å². The molecule has 1 N–H and O–H groups in total. The minimum absolute atomic E-state index is 0.263. The van der Waals surface area contributed by atoms with Crippen LogP contribution in [0.4, 0.5) is 17.1 Å². The fraction of sp³-hybridized carbons (Fsp3) is 0.182. The number of amides is 1. The maximum Gasteiger partial charge on any atom is 0.274 e. The van der Waals surface area contributed by atoms with Crippen molar-refractivity contribution in [2.24, 2.45) is 0 Å². The minimum Gasteiger partial charge on any atom is -0.495 e. The summed E-state index contributed by atoms with van der Waals surface area (Å²) in [5.41, 5.74) is 4.47. The van der Waals surface area contributed by atoms with Gasteiger partial charge in [0, 0.05) is 23.6 Å². The molecule has 1 atom stereocenters. The van der Waals surface area contributed by atoms with Gasteiger partial charge in [0.05, 0.1) is 12.8 Å². The first-order valence-corrected chi connectivity index (χ1v) is 8.95. The second-order valence-corrected chi connectivity index (χ2v) is 6.61. The van der Waals surface area contributed by atoms with E-state index in [4.69, 9.17) is 4.74 Å². The Bertz CT molecular complexity index is 987. The first kappa shape index (κ1) is 17.1. The van der Waals surface area contributed by atoms with Gasteiger partial charge < -0.3 is 15.0 Å². The van der Waals surface area contributed by atoms with Crippen LogP contribution in [0.2, 0.25) is 0 Å². The van der Waals surface area contributed by atoms with E-state index in [1.165, 1.54) is 11.3 Å². The van der Waals surface area contributed by atoms with Gasteiger partial charge in [0.15, 0.2) is 0 Å². The highest BCUT2D eigenvalue weighted by Gasteiger charge is 2.27. The summed E-state index contributed by atoms with van der Waals surface area (Å²) in [6.45, 7) is 2.19. The lowest BCUT2D eigenvalue weighted by atomic mass is 10.1. The summed E-state index contributed by atoms with van der Waals surface area (Å²) in [6, 6.07) is 19.8. The van der Waals surface area contributed by atoms with Crippen molar-refractivity contribution in [3.05, 3.63) is 78.1 Å². The summed E-state index contributed by atoms with van der Waals surface area (Å²) in [6.07, 6.45) is 2.67. The van der Waals surface area contributed by atoms with Crippen molar-refractivity contribution in [2.45, 2.75) is 19.4 Å². The Morgan fingerprint density at radius 2 is 1.93 bits per heavy atom. The van der Waals surface area contributed by atoms with Gasteiger partial charge >= 0.3 is 0 Å². The summed E-state index contributed by atoms with van der Waals surface area (Å²) < 4.78 is 5.30. The number of pyridine rings is 1. The van der Waals surface area contributed by atoms with Crippen molar-refractivity contribution < 1.29 is 9.53 Å². The van der Waals surface area contributed by atoms with Crippen LogP contribution in [0.25, 0.3) is 0 Å². The molecule has 1 aliphatic heterocycles. The molecule has 1 aliphatic rings. The number of methoxy groups -OCH3 is 1. The molecule has 1 unspecified atom stereocenters. The predicted molar refractivity (Wildman–Crippen MR) is 107 cm³/mol. The van der Waals surface area contributed by atoms with Gasteiger partial charge in [-0.2, -0.15) is 0 Å². The summed E-state index contributed by atoms with van der Waals surface area (Å²) in [5.74, 6) is 0.352. The van der Waals surface area contributed by atoms with Gasteiger partial charge in [-0.15, -0.1) is 0 Å². The second-order valence-electron chi connectivity index (χ2n) is 6.61. The fourth-order valence-corrected chi connectivity index (χ4v) is 3.59. The van der Waals surface area contributed by atoms with Crippen molar-refractivity contribution in [3.63, 3.8) is 0 Å². The van der Waals surface area contributed by atoms with Crippen LogP contribution < -0.4 is 15.0 Å². The highest BCUT2D eigenvalue weighted by atomic mass is 16.5. The number of anilines is 3. The number of carbonyl (C=O) groups excluding carboxylic acids is 1. The Kier molecular flexibility index (Phi) is 4.50. The van der Waals surface area contributed by atoms with Gasteiger partial charge in [-0.3, -0.25) is 9.78 Å². The lowest BCUT2D eigenvalue weighted by molar-refractivity contribution is 0.102. The standard InChI is InChI=1S/C22H21N3O2/c1-15-13-16-7-3-5-9-20(16)25(15)17-11-12-23-19(14-17)22(26)24-18-8-4-6-10-21(18)27-2/h3-12,14-15H,13H2,1-2H3,(H,24,26). The maximum absolute atomic E-state index is 12.7. The molecule has 136 valence electrons. The highest BCUT2D eigenvalue weighted by Crippen LogP contribution is 2.38. The Balaban J connectivity index is 1.62. The molecule has 0 spiro atoms. The number of nitrogens with one attached hydrogen (secondary N) is 1. The van der Waals surface area contributed by atoms with Gasteiger partial charge in [-0.25, -0.2) is 0 Å². The lowest BCUT2D eigenvalue weighted by Gasteiger charge is -2.25. The van der Waals surface area contributed by atoms with Crippen LogP contribution in [0, 0.1) is 0 Å². The number of hydrogen-bond donors (Lipinski definition) is 1. The molecule has 3 aromatic rings. The molecule has 2 heterocycles. The third kappa shape index (κ3) is 3.24.